The van der Waals surface area contributed by atoms with Crippen LogP contribution < -0.4 is 0 Å². The molecule has 2 rings (SSSR count). The molecule has 7 atom stereocenters. The zero-order chi connectivity index (χ0) is 15.6. The summed E-state index contributed by atoms with van der Waals surface area (Å²) in [5.74, 6) is 2.82. The van der Waals surface area contributed by atoms with Gasteiger partial charge in [-0.05, 0) is 54.4 Å². The van der Waals surface area contributed by atoms with Crippen molar-refractivity contribution in [3.63, 3.8) is 0 Å². The van der Waals surface area contributed by atoms with E-state index in [1.807, 2.05) is 13.0 Å². The SMILES string of the molecule is CC(=CC=C[C@@H]1[C@H]2[C@H](C)[C@@H](O)[C@H](C)C[C@@H]2C=C[C@@H]1C)CO. The van der Waals surface area contributed by atoms with Gasteiger partial charge in [0.1, 0.15) is 0 Å². The number of hydrogen-bond donors (Lipinski definition) is 2. The smallest absolute Gasteiger partial charge is 0.0642 e. The van der Waals surface area contributed by atoms with Crippen molar-refractivity contribution in [1.82, 2.24) is 0 Å². The molecular formula is C19H30O2. The van der Waals surface area contributed by atoms with Crippen LogP contribution in [0.25, 0.3) is 0 Å². The molecule has 2 aliphatic carbocycles. The fourth-order valence-corrected chi connectivity index (χ4v) is 4.21. The molecular weight excluding hydrogens is 260 g/mol. The summed E-state index contributed by atoms with van der Waals surface area (Å²) in [5, 5.41) is 19.5. The maximum absolute atomic E-state index is 10.4. The monoisotopic (exact) mass is 290 g/mol. The van der Waals surface area contributed by atoms with Crippen LogP contribution in [0.5, 0.6) is 0 Å². The minimum atomic E-state index is -0.185. The zero-order valence-corrected chi connectivity index (χ0v) is 13.7. The van der Waals surface area contributed by atoms with Crippen molar-refractivity contribution in [1.29, 1.82) is 0 Å². The molecule has 0 heterocycles. The Morgan fingerprint density at radius 3 is 2.62 bits per heavy atom. The molecule has 0 unspecified atom stereocenters. The van der Waals surface area contributed by atoms with Gasteiger partial charge < -0.3 is 10.2 Å². The Morgan fingerprint density at radius 2 is 1.95 bits per heavy atom. The van der Waals surface area contributed by atoms with E-state index in [4.69, 9.17) is 5.11 Å². The predicted molar refractivity (Wildman–Crippen MR) is 87.7 cm³/mol. The lowest BCUT2D eigenvalue weighted by Gasteiger charge is -2.48. The van der Waals surface area contributed by atoms with E-state index >= 15 is 0 Å². The molecule has 0 saturated heterocycles. The Labute approximate surface area is 129 Å². The van der Waals surface area contributed by atoms with Gasteiger partial charge in [0.2, 0.25) is 0 Å². The fourth-order valence-electron chi connectivity index (χ4n) is 4.21. The minimum absolute atomic E-state index is 0.114. The van der Waals surface area contributed by atoms with Gasteiger partial charge in [0.15, 0.2) is 0 Å². The third-order valence-electron chi connectivity index (χ3n) is 5.54. The van der Waals surface area contributed by atoms with Gasteiger partial charge in [-0.25, -0.2) is 0 Å². The highest BCUT2D eigenvalue weighted by Crippen LogP contribution is 2.48. The maximum Gasteiger partial charge on any atom is 0.0642 e. The van der Waals surface area contributed by atoms with Crippen LogP contribution in [0.15, 0.2) is 36.0 Å². The summed E-state index contributed by atoms with van der Waals surface area (Å²) in [6.45, 7) is 8.69. The van der Waals surface area contributed by atoms with Crippen molar-refractivity contribution in [3.05, 3.63) is 36.0 Å². The number of fused-ring (bicyclic) bond motifs is 1. The average Bonchev–Trinajstić information content (AvgIpc) is 2.47. The Morgan fingerprint density at radius 1 is 1.24 bits per heavy atom. The van der Waals surface area contributed by atoms with Crippen LogP contribution in [-0.4, -0.2) is 22.9 Å². The van der Waals surface area contributed by atoms with Gasteiger partial charge in [-0.3, -0.25) is 0 Å². The first-order valence-electron chi connectivity index (χ1n) is 8.27. The Balaban J connectivity index is 2.21. The molecule has 2 nitrogen and oxygen atoms in total. The van der Waals surface area contributed by atoms with E-state index in [2.05, 4.69) is 45.1 Å². The average molecular weight is 290 g/mol. The van der Waals surface area contributed by atoms with Gasteiger partial charge >= 0.3 is 0 Å². The zero-order valence-electron chi connectivity index (χ0n) is 13.7. The lowest BCUT2D eigenvalue weighted by molar-refractivity contribution is -0.0389. The van der Waals surface area contributed by atoms with Crippen LogP contribution in [0.3, 0.4) is 0 Å². The number of allylic oxidation sites excluding steroid dienone is 5. The third-order valence-corrected chi connectivity index (χ3v) is 5.54. The number of rotatable bonds is 3. The van der Waals surface area contributed by atoms with E-state index in [0.29, 0.717) is 35.5 Å². The molecule has 1 saturated carbocycles. The molecule has 0 aromatic heterocycles. The van der Waals surface area contributed by atoms with Crippen LogP contribution in [0, 0.1) is 35.5 Å². The van der Waals surface area contributed by atoms with Gasteiger partial charge in [-0.2, -0.15) is 0 Å². The quantitative estimate of drug-likeness (QED) is 0.616. The topological polar surface area (TPSA) is 40.5 Å². The van der Waals surface area contributed by atoms with E-state index in [1.54, 1.807) is 0 Å². The predicted octanol–water partition coefficient (Wildman–Crippen LogP) is 3.57. The summed E-state index contributed by atoms with van der Waals surface area (Å²) in [5.41, 5.74) is 0.979. The van der Waals surface area contributed by atoms with Crippen LogP contribution >= 0.6 is 0 Å². The molecule has 0 aromatic carbocycles. The first-order chi connectivity index (χ1) is 9.95. The van der Waals surface area contributed by atoms with Gasteiger partial charge in [0.25, 0.3) is 0 Å². The second kappa shape index (κ2) is 6.93. The molecule has 2 N–H and O–H groups in total. The molecule has 0 amide bonds. The Hall–Kier alpha value is -0.860. The molecule has 1 fully saturated rings. The Kier molecular flexibility index (Phi) is 5.45. The van der Waals surface area contributed by atoms with Gasteiger partial charge in [0, 0.05) is 0 Å². The third kappa shape index (κ3) is 3.49. The molecule has 21 heavy (non-hydrogen) atoms. The van der Waals surface area contributed by atoms with Crippen molar-refractivity contribution >= 4 is 0 Å². The summed E-state index contributed by atoms with van der Waals surface area (Å²) in [4.78, 5) is 0. The number of aliphatic hydroxyl groups is 2. The van der Waals surface area contributed by atoms with Crippen LogP contribution in [-0.2, 0) is 0 Å². The van der Waals surface area contributed by atoms with Crippen molar-refractivity contribution < 1.29 is 10.2 Å². The molecule has 0 aliphatic heterocycles. The van der Waals surface area contributed by atoms with Crippen LogP contribution in [0.2, 0.25) is 0 Å². The highest BCUT2D eigenvalue weighted by Gasteiger charge is 2.44. The van der Waals surface area contributed by atoms with Gasteiger partial charge in [-0.15, -0.1) is 0 Å². The Bertz CT molecular complexity index is 435. The molecule has 2 heteroatoms. The van der Waals surface area contributed by atoms with Crippen molar-refractivity contribution in [3.8, 4) is 0 Å². The molecule has 0 aromatic rings. The molecule has 0 bridgehead atoms. The lowest BCUT2D eigenvalue weighted by Crippen LogP contribution is -2.46. The van der Waals surface area contributed by atoms with Gasteiger partial charge in [0.05, 0.1) is 12.7 Å². The van der Waals surface area contributed by atoms with E-state index < -0.39 is 0 Å². The second-order valence-corrected chi connectivity index (χ2v) is 7.18. The minimum Gasteiger partial charge on any atom is -0.393 e. The normalized spacial score (nSPS) is 44.1. The maximum atomic E-state index is 10.4. The van der Waals surface area contributed by atoms with E-state index in [0.717, 1.165) is 12.0 Å². The molecule has 0 spiro atoms. The lowest BCUT2D eigenvalue weighted by atomic mass is 9.58. The van der Waals surface area contributed by atoms with Crippen molar-refractivity contribution in [2.45, 2.75) is 40.2 Å². The first kappa shape index (κ1) is 16.5. The first-order valence-corrected chi connectivity index (χ1v) is 8.27. The van der Waals surface area contributed by atoms with E-state index in [-0.39, 0.29) is 12.7 Å². The highest BCUT2D eigenvalue weighted by molar-refractivity contribution is 5.17. The van der Waals surface area contributed by atoms with E-state index in [1.165, 1.54) is 0 Å². The van der Waals surface area contributed by atoms with Crippen molar-refractivity contribution in [2.24, 2.45) is 35.5 Å². The van der Waals surface area contributed by atoms with E-state index in [9.17, 15) is 5.11 Å². The summed E-state index contributed by atoms with van der Waals surface area (Å²) >= 11 is 0. The number of hydrogen-bond acceptors (Lipinski definition) is 2. The summed E-state index contributed by atoms with van der Waals surface area (Å²) in [6, 6.07) is 0. The molecule has 118 valence electrons. The van der Waals surface area contributed by atoms with Crippen molar-refractivity contribution in [2.75, 3.05) is 6.61 Å². The summed E-state index contributed by atoms with van der Waals surface area (Å²) in [6.07, 6.45) is 12.0. The fraction of sp³-hybridized carbons (Fsp3) is 0.684. The van der Waals surface area contributed by atoms with Crippen LogP contribution in [0.1, 0.15) is 34.1 Å². The second-order valence-electron chi connectivity index (χ2n) is 7.18. The summed E-state index contributed by atoms with van der Waals surface area (Å²) < 4.78 is 0. The number of aliphatic hydroxyl groups excluding tert-OH is 2. The highest BCUT2D eigenvalue weighted by atomic mass is 16.3. The van der Waals surface area contributed by atoms with Gasteiger partial charge in [-0.1, -0.05) is 51.2 Å². The standard InChI is InChI=1S/C19H30O2/c1-12(11-20)6-5-7-17-13(2)8-9-16-10-14(3)19(21)15(4)18(16)17/h5-9,13-21H,10-11H2,1-4H3/t13-,14+,15-,16-,17-,18-,19-/m0/s1. The largest absolute Gasteiger partial charge is 0.393 e. The van der Waals surface area contributed by atoms with Crippen LogP contribution in [0.4, 0.5) is 0 Å². The molecule has 0 radical (unpaired) electrons. The molecule has 2 aliphatic rings. The summed E-state index contributed by atoms with van der Waals surface area (Å²) in [7, 11) is 0.